The molecule has 1 aliphatic carbocycles. The minimum Gasteiger partial charge on any atom is -0.481 e. The molecule has 2 rings (SSSR count). The Morgan fingerprint density at radius 2 is 2.29 bits per heavy atom. The van der Waals surface area contributed by atoms with E-state index in [2.05, 4.69) is 9.97 Å². The predicted octanol–water partition coefficient (Wildman–Crippen LogP) is 0.995. The minimum absolute atomic E-state index is 0.225. The number of aromatic nitrogens is 2. The summed E-state index contributed by atoms with van der Waals surface area (Å²) in [6.45, 7) is 2.02. The van der Waals surface area contributed by atoms with E-state index < -0.39 is 0 Å². The molecule has 1 aromatic rings. The summed E-state index contributed by atoms with van der Waals surface area (Å²) in [7, 11) is 1.62. The maximum absolute atomic E-state index is 6.08. The van der Waals surface area contributed by atoms with E-state index in [0.717, 1.165) is 30.7 Å². The molecule has 1 fully saturated rings. The second-order valence-electron chi connectivity index (χ2n) is 3.72. The van der Waals surface area contributed by atoms with Crippen LogP contribution in [0.15, 0.2) is 6.20 Å². The average Bonchev–Trinajstić information content (AvgIpc) is 2.96. The predicted molar refractivity (Wildman–Crippen MR) is 53.1 cm³/mol. The molecule has 1 saturated carbocycles. The lowest BCUT2D eigenvalue weighted by Gasteiger charge is -2.12. The molecule has 0 unspecified atom stereocenters. The monoisotopic (exact) mass is 193 g/mol. The van der Waals surface area contributed by atoms with Gasteiger partial charge in [0.15, 0.2) is 0 Å². The van der Waals surface area contributed by atoms with Crippen LogP contribution in [0.25, 0.3) is 0 Å². The Labute approximate surface area is 83.5 Å². The third-order valence-corrected chi connectivity index (χ3v) is 2.64. The van der Waals surface area contributed by atoms with Crippen LogP contribution in [-0.4, -0.2) is 17.1 Å². The molecule has 1 heterocycles. The Kier molecular flexibility index (Phi) is 2.15. The molecule has 4 nitrogen and oxygen atoms in total. The fraction of sp³-hybridized carbons (Fsp3) is 0.600. The molecule has 2 N–H and O–H groups in total. The number of ether oxygens (including phenoxy) is 1. The Hall–Kier alpha value is -1.16. The number of hydrogen-bond donors (Lipinski definition) is 1. The zero-order valence-corrected chi connectivity index (χ0v) is 8.58. The number of methoxy groups -OCH3 is 1. The van der Waals surface area contributed by atoms with E-state index in [0.29, 0.717) is 5.88 Å². The maximum atomic E-state index is 6.08. The van der Waals surface area contributed by atoms with E-state index in [9.17, 15) is 0 Å². The highest BCUT2D eigenvalue weighted by atomic mass is 16.5. The summed E-state index contributed by atoms with van der Waals surface area (Å²) in [5.74, 6) is 1.44. The van der Waals surface area contributed by atoms with Gasteiger partial charge in [-0.2, -0.15) is 4.98 Å². The Morgan fingerprint density at radius 3 is 2.79 bits per heavy atom. The summed E-state index contributed by atoms with van der Waals surface area (Å²) in [5, 5.41) is 0. The molecule has 0 amide bonds. The first-order valence-corrected chi connectivity index (χ1v) is 4.89. The number of nitrogens with zero attached hydrogens (tertiary/aromatic N) is 2. The van der Waals surface area contributed by atoms with E-state index in [-0.39, 0.29) is 5.54 Å². The Bertz CT molecular complexity index is 347. The third kappa shape index (κ3) is 1.46. The van der Waals surface area contributed by atoms with E-state index in [1.807, 2.05) is 6.92 Å². The molecule has 76 valence electrons. The highest BCUT2D eigenvalue weighted by molar-refractivity contribution is 5.35. The second kappa shape index (κ2) is 3.20. The summed E-state index contributed by atoms with van der Waals surface area (Å²) in [4.78, 5) is 8.54. The second-order valence-corrected chi connectivity index (χ2v) is 3.72. The standard InChI is InChI=1S/C10H15N3O/c1-3-8-12-6-7(9(13-8)14-2)10(11)4-5-10/h6H,3-5,11H2,1-2H3. The van der Waals surface area contributed by atoms with Crippen molar-refractivity contribution in [2.24, 2.45) is 5.73 Å². The van der Waals surface area contributed by atoms with Crippen molar-refractivity contribution >= 4 is 0 Å². The van der Waals surface area contributed by atoms with Crippen molar-refractivity contribution in [3.05, 3.63) is 17.6 Å². The molecular formula is C10H15N3O. The zero-order valence-electron chi connectivity index (χ0n) is 8.58. The van der Waals surface area contributed by atoms with Crippen LogP contribution in [0.2, 0.25) is 0 Å². The normalized spacial score (nSPS) is 17.9. The SMILES string of the molecule is CCc1ncc(C2(N)CC2)c(OC)n1. The highest BCUT2D eigenvalue weighted by Gasteiger charge is 2.43. The van der Waals surface area contributed by atoms with Gasteiger partial charge in [-0.3, -0.25) is 0 Å². The van der Waals surface area contributed by atoms with Crippen molar-refractivity contribution < 1.29 is 4.74 Å². The van der Waals surface area contributed by atoms with Crippen LogP contribution in [0.1, 0.15) is 31.2 Å². The summed E-state index contributed by atoms with van der Waals surface area (Å²) >= 11 is 0. The van der Waals surface area contributed by atoms with Crippen molar-refractivity contribution in [2.75, 3.05) is 7.11 Å². The van der Waals surface area contributed by atoms with Crippen molar-refractivity contribution in [2.45, 2.75) is 31.7 Å². The molecule has 0 bridgehead atoms. The van der Waals surface area contributed by atoms with E-state index >= 15 is 0 Å². The first-order valence-electron chi connectivity index (χ1n) is 4.89. The number of rotatable bonds is 3. The number of aryl methyl sites for hydroxylation is 1. The Morgan fingerprint density at radius 1 is 1.57 bits per heavy atom. The van der Waals surface area contributed by atoms with Crippen molar-refractivity contribution in [1.29, 1.82) is 0 Å². The van der Waals surface area contributed by atoms with Crippen molar-refractivity contribution in [3.63, 3.8) is 0 Å². The lowest BCUT2D eigenvalue weighted by atomic mass is 10.1. The minimum atomic E-state index is -0.225. The number of hydrogen-bond acceptors (Lipinski definition) is 4. The van der Waals surface area contributed by atoms with Crippen LogP contribution in [0.3, 0.4) is 0 Å². The third-order valence-electron chi connectivity index (χ3n) is 2.64. The lowest BCUT2D eigenvalue weighted by Crippen LogP contribution is -2.21. The van der Waals surface area contributed by atoms with Crippen LogP contribution in [0.4, 0.5) is 0 Å². The van der Waals surface area contributed by atoms with Gasteiger partial charge in [0.1, 0.15) is 5.82 Å². The summed E-state index contributed by atoms with van der Waals surface area (Å²) in [5.41, 5.74) is 6.79. The van der Waals surface area contributed by atoms with E-state index in [1.54, 1.807) is 13.3 Å². The average molecular weight is 193 g/mol. The fourth-order valence-corrected chi connectivity index (χ4v) is 1.47. The zero-order chi connectivity index (χ0) is 10.2. The van der Waals surface area contributed by atoms with Gasteiger partial charge in [-0.15, -0.1) is 0 Å². The molecule has 0 saturated heterocycles. The summed E-state index contributed by atoms with van der Waals surface area (Å²) in [6, 6.07) is 0. The smallest absolute Gasteiger partial charge is 0.221 e. The van der Waals surface area contributed by atoms with Gasteiger partial charge in [-0.05, 0) is 12.8 Å². The van der Waals surface area contributed by atoms with E-state index in [1.165, 1.54) is 0 Å². The number of nitrogens with two attached hydrogens (primary N) is 1. The molecule has 0 radical (unpaired) electrons. The molecule has 1 aromatic heterocycles. The summed E-state index contributed by atoms with van der Waals surface area (Å²) in [6.07, 6.45) is 4.61. The van der Waals surface area contributed by atoms with Gasteiger partial charge < -0.3 is 10.5 Å². The van der Waals surface area contributed by atoms with Crippen LogP contribution in [0, 0.1) is 0 Å². The largest absolute Gasteiger partial charge is 0.481 e. The van der Waals surface area contributed by atoms with E-state index in [4.69, 9.17) is 10.5 Å². The van der Waals surface area contributed by atoms with Gasteiger partial charge in [0, 0.05) is 18.2 Å². The highest BCUT2D eigenvalue weighted by Crippen LogP contribution is 2.45. The Balaban J connectivity index is 2.40. The molecule has 14 heavy (non-hydrogen) atoms. The first kappa shape index (κ1) is 9.40. The van der Waals surface area contributed by atoms with Crippen LogP contribution in [-0.2, 0) is 12.0 Å². The molecule has 0 aromatic carbocycles. The topological polar surface area (TPSA) is 61.0 Å². The molecule has 0 aliphatic heterocycles. The molecule has 0 atom stereocenters. The molecule has 1 aliphatic rings. The molecular weight excluding hydrogens is 178 g/mol. The van der Waals surface area contributed by atoms with Crippen LogP contribution in [0.5, 0.6) is 5.88 Å². The van der Waals surface area contributed by atoms with Crippen LogP contribution >= 0.6 is 0 Å². The summed E-state index contributed by atoms with van der Waals surface area (Å²) < 4.78 is 5.22. The maximum Gasteiger partial charge on any atom is 0.221 e. The van der Waals surface area contributed by atoms with Gasteiger partial charge in [0.05, 0.1) is 12.7 Å². The van der Waals surface area contributed by atoms with Gasteiger partial charge >= 0.3 is 0 Å². The van der Waals surface area contributed by atoms with Gasteiger partial charge in [0.2, 0.25) is 5.88 Å². The quantitative estimate of drug-likeness (QED) is 0.777. The first-order chi connectivity index (χ1) is 6.69. The van der Waals surface area contributed by atoms with Crippen LogP contribution < -0.4 is 10.5 Å². The fourth-order valence-electron chi connectivity index (χ4n) is 1.47. The van der Waals surface area contributed by atoms with Crippen molar-refractivity contribution in [1.82, 2.24) is 9.97 Å². The lowest BCUT2D eigenvalue weighted by molar-refractivity contribution is 0.383. The van der Waals surface area contributed by atoms with Gasteiger partial charge in [0.25, 0.3) is 0 Å². The molecule has 4 heteroatoms. The van der Waals surface area contributed by atoms with Gasteiger partial charge in [-0.25, -0.2) is 4.98 Å². The van der Waals surface area contributed by atoms with Crippen molar-refractivity contribution in [3.8, 4) is 5.88 Å². The molecule has 0 spiro atoms. The van der Waals surface area contributed by atoms with Gasteiger partial charge in [-0.1, -0.05) is 6.92 Å².